The van der Waals surface area contributed by atoms with E-state index in [9.17, 15) is 0 Å². The largest absolute Gasteiger partial charge is 0.299 e. The molecule has 0 N–H and O–H groups in total. The molecule has 0 saturated heterocycles. The van der Waals surface area contributed by atoms with Crippen LogP contribution in [0.1, 0.15) is 34.6 Å². The first-order valence-electron chi connectivity index (χ1n) is 3.85. The first-order valence-corrected chi connectivity index (χ1v) is 3.85. The van der Waals surface area contributed by atoms with Gasteiger partial charge in [-0.3, -0.25) is 4.90 Å². The molecule has 2 radical (unpaired) electrons. The smallest absolute Gasteiger partial charge is 0.00411 e. The molecule has 62 valence electrons. The van der Waals surface area contributed by atoms with Gasteiger partial charge >= 0.3 is 0 Å². The lowest BCUT2D eigenvalue weighted by atomic mass is 10.2. The highest BCUT2D eigenvalue weighted by Crippen LogP contribution is 2.02. The first-order chi connectivity index (χ1) is 4.09. The maximum absolute atomic E-state index is 2.46. The zero-order valence-electron chi connectivity index (χ0n) is 7.72. The summed E-state index contributed by atoms with van der Waals surface area (Å²) in [7, 11) is 0. The second kappa shape index (κ2) is 6.05. The van der Waals surface area contributed by atoms with Gasteiger partial charge in [-0.1, -0.05) is 6.92 Å². The molecule has 0 saturated carbocycles. The van der Waals surface area contributed by atoms with Crippen molar-refractivity contribution in [3.05, 3.63) is 0 Å². The summed E-state index contributed by atoms with van der Waals surface area (Å²) in [5.74, 6) is 0. The van der Waals surface area contributed by atoms with Gasteiger partial charge in [-0.15, -0.1) is 0 Å². The van der Waals surface area contributed by atoms with Crippen molar-refractivity contribution in [2.75, 3.05) is 6.54 Å². The van der Waals surface area contributed by atoms with E-state index in [1.54, 1.807) is 0 Å². The fourth-order valence-corrected chi connectivity index (χ4v) is 1.33. The third-order valence-electron chi connectivity index (χ3n) is 1.69. The molecule has 0 aliphatic carbocycles. The highest BCUT2D eigenvalue weighted by atomic mass is 32.1. The molecule has 0 unspecified atom stereocenters. The summed E-state index contributed by atoms with van der Waals surface area (Å²) >= 11 is 0. The SMILES string of the molecule is CCN(C(C)C)C(C)C.[S]. The van der Waals surface area contributed by atoms with Gasteiger partial charge < -0.3 is 0 Å². The fraction of sp³-hybridized carbons (Fsp3) is 1.00. The summed E-state index contributed by atoms with van der Waals surface area (Å²) in [5.41, 5.74) is 0. The molecule has 1 nitrogen and oxygen atoms in total. The molecular formula is C8H19NS. The second-order valence-corrected chi connectivity index (χ2v) is 3.02. The van der Waals surface area contributed by atoms with Crippen molar-refractivity contribution in [3.8, 4) is 0 Å². The van der Waals surface area contributed by atoms with Gasteiger partial charge in [-0.05, 0) is 34.2 Å². The van der Waals surface area contributed by atoms with Crippen LogP contribution in [0.2, 0.25) is 0 Å². The van der Waals surface area contributed by atoms with Crippen molar-refractivity contribution in [3.63, 3.8) is 0 Å². The minimum atomic E-state index is 0. The van der Waals surface area contributed by atoms with Crippen LogP contribution in [0.3, 0.4) is 0 Å². The molecule has 0 spiro atoms. The molecule has 0 atom stereocenters. The third kappa shape index (κ3) is 4.18. The molecule has 0 amide bonds. The first kappa shape index (κ1) is 12.9. The lowest BCUT2D eigenvalue weighted by molar-refractivity contribution is 0.185. The summed E-state index contributed by atoms with van der Waals surface area (Å²) < 4.78 is 0. The maximum Gasteiger partial charge on any atom is 0.00411 e. The molecule has 0 aliphatic rings. The lowest BCUT2D eigenvalue weighted by Gasteiger charge is -2.28. The lowest BCUT2D eigenvalue weighted by Crippen LogP contribution is -2.36. The van der Waals surface area contributed by atoms with Crippen molar-refractivity contribution in [2.45, 2.75) is 46.7 Å². The number of hydrogen-bond acceptors (Lipinski definition) is 1. The Labute approximate surface area is 72.2 Å². The molecule has 0 aromatic rings. The van der Waals surface area contributed by atoms with Crippen molar-refractivity contribution in [1.29, 1.82) is 0 Å². The Hall–Kier alpha value is 0.310. The van der Waals surface area contributed by atoms with Crippen LogP contribution in [-0.2, 0) is 0 Å². The van der Waals surface area contributed by atoms with Crippen molar-refractivity contribution in [2.24, 2.45) is 0 Å². The van der Waals surface area contributed by atoms with Crippen LogP contribution < -0.4 is 0 Å². The summed E-state index contributed by atoms with van der Waals surface area (Å²) in [6.45, 7) is 12.3. The van der Waals surface area contributed by atoms with Crippen molar-refractivity contribution in [1.82, 2.24) is 4.90 Å². The van der Waals surface area contributed by atoms with E-state index in [1.807, 2.05) is 0 Å². The highest BCUT2D eigenvalue weighted by Gasteiger charge is 2.08. The molecule has 0 bridgehead atoms. The second-order valence-electron chi connectivity index (χ2n) is 3.02. The van der Waals surface area contributed by atoms with Gasteiger partial charge in [-0.25, -0.2) is 0 Å². The van der Waals surface area contributed by atoms with E-state index in [0.29, 0.717) is 12.1 Å². The third-order valence-corrected chi connectivity index (χ3v) is 1.69. The molecule has 0 fully saturated rings. The van der Waals surface area contributed by atoms with E-state index in [-0.39, 0.29) is 13.5 Å². The van der Waals surface area contributed by atoms with Crippen LogP contribution in [0.5, 0.6) is 0 Å². The van der Waals surface area contributed by atoms with Crippen molar-refractivity contribution < 1.29 is 0 Å². The van der Waals surface area contributed by atoms with Gasteiger partial charge in [0.15, 0.2) is 0 Å². The predicted molar refractivity (Wildman–Crippen MR) is 50.2 cm³/mol. The van der Waals surface area contributed by atoms with Crippen LogP contribution >= 0.6 is 13.5 Å². The maximum atomic E-state index is 2.46. The zero-order chi connectivity index (χ0) is 7.44. The van der Waals surface area contributed by atoms with Crippen LogP contribution in [0, 0.1) is 0 Å². The Morgan fingerprint density at radius 2 is 1.30 bits per heavy atom. The molecular weight excluding hydrogens is 142 g/mol. The molecule has 10 heavy (non-hydrogen) atoms. The fourth-order valence-electron chi connectivity index (χ4n) is 1.33. The summed E-state index contributed by atoms with van der Waals surface area (Å²) in [4.78, 5) is 2.46. The Balaban J connectivity index is 0. The zero-order valence-corrected chi connectivity index (χ0v) is 8.53. The predicted octanol–water partition coefficient (Wildman–Crippen LogP) is 2.77. The van der Waals surface area contributed by atoms with E-state index >= 15 is 0 Å². The van der Waals surface area contributed by atoms with E-state index in [4.69, 9.17) is 0 Å². The molecule has 0 rings (SSSR count). The normalized spacial score (nSPS) is 10.8. The molecule has 0 aliphatic heterocycles. The standard InChI is InChI=1S/C8H19N.S/c1-6-9(7(2)3)8(4)5;/h7-8H,6H2,1-5H3;. The average Bonchev–Trinajstić information content (AvgIpc) is 1.64. The Morgan fingerprint density at radius 3 is 1.30 bits per heavy atom. The van der Waals surface area contributed by atoms with Gasteiger partial charge in [0, 0.05) is 25.6 Å². The van der Waals surface area contributed by atoms with Gasteiger partial charge in [0.05, 0.1) is 0 Å². The molecule has 0 aromatic heterocycles. The number of nitrogens with zero attached hydrogens (tertiary/aromatic N) is 1. The monoisotopic (exact) mass is 161 g/mol. The van der Waals surface area contributed by atoms with Crippen LogP contribution in [0.15, 0.2) is 0 Å². The Kier molecular flexibility index (Phi) is 7.83. The minimum Gasteiger partial charge on any atom is -0.299 e. The van der Waals surface area contributed by atoms with E-state index in [1.165, 1.54) is 0 Å². The minimum absolute atomic E-state index is 0. The van der Waals surface area contributed by atoms with Gasteiger partial charge in [0.2, 0.25) is 0 Å². The van der Waals surface area contributed by atoms with Crippen LogP contribution in [-0.4, -0.2) is 23.5 Å². The van der Waals surface area contributed by atoms with E-state index < -0.39 is 0 Å². The van der Waals surface area contributed by atoms with Crippen LogP contribution in [0.4, 0.5) is 0 Å². The van der Waals surface area contributed by atoms with Gasteiger partial charge in [0.25, 0.3) is 0 Å². The van der Waals surface area contributed by atoms with Gasteiger partial charge in [0.1, 0.15) is 0 Å². The highest BCUT2D eigenvalue weighted by molar-refractivity contribution is 7.59. The topological polar surface area (TPSA) is 3.24 Å². The van der Waals surface area contributed by atoms with E-state index in [2.05, 4.69) is 39.5 Å². The molecule has 0 aromatic carbocycles. The quantitative estimate of drug-likeness (QED) is 0.615. The molecule has 0 heterocycles. The summed E-state index contributed by atoms with van der Waals surface area (Å²) in [5, 5.41) is 0. The van der Waals surface area contributed by atoms with E-state index in [0.717, 1.165) is 6.54 Å². The summed E-state index contributed by atoms with van der Waals surface area (Å²) in [6, 6.07) is 1.38. The van der Waals surface area contributed by atoms with Crippen LogP contribution in [0.25, 0.3) is 0 Å². The summed E-state index contributed by atoms with van der Waals surface area (Å²) in [6.07, 6.45) is 0. The van der Waals surface area contributed by atoms with Gasteiger partial charge in [-0.2, -0.15) is 0 Å². The number of hydrogen-bond donors (Lipinski definition) is 0. The number of rotatable bonds is 3. The molecule has 2 heteroatoms. The van der Waals surface area contributed by atoms with Crippen molar-refractivity contribution >= 4 is 13.5 Å². The average molecular weight is 161 g/mol. The Morgan fingerprint density at radius 1 is 1.00 bits per heavy atom. The Bertz CT molecular complexity index is 63.7.